The molecule has 4 N–H and O–H groups in total. The van der Waals surface area contributed by atoms with Crippen LogP contribution in [-0.2, 0) is 4.79 Å². The van der Waals surface area contributed by atoms with Crippen LogP contribution >= 0.6 is 11.8 Å². The lowest BCUT2D eigenvalue weighted by Crippen LogP contribution is -2.44. The average Bonchev–Trinajstić information content (AvgIpc) is 2.47. The second kappa shape index (κ2) is 7.40. The van der Waals surface area contributed by atoms with Crippen LogP contribution in [0, 0.1) is 6.92 Å². The molecule has 0 aliphatic carbocycles. The Balaban J connectivity index is 2.02. The zero-order valence-corrected chi connectivity index (χ0v) is 13.7. The van der Waals surface area contributed by atoms with E-state index in [-0.39, 0.29) is 5.91 Å². The minimum atomic E-state index is -0.711. The smallest absolute Gasteiger partial charge is 0.312 e. The van der Waals surface area contributed by atoms with Crippen molar-refractivity contribution in [2.45, 2.75) is 19.9 Å². The average molecular weight is 322 g/mol. The van der Waals surface area contributed by atoms with E-state index in [0.29, 0.717) is 0 Å². The predicted molar refractivity (Wildman–Crippen MR) is 91.5 cm³/mol. The Morgan fingerprint density at radius 3 is 2.59 bits per heavy atom. The molecule has 0 unspecified atom stereocenters. The molecule has 2 rings (SSSR count). The first-order valence-electron chi connectivity index (χ1n) is 7.27. The fraction of sp³-hybridized carbons (Fsp3) is 0.467. The molecule has 3 amide bonds. The maximum Gasteiger partial charge on any atom is 0.312 e. The van der Waals surface area contributed by atoms with Crippen molar-refractivity contribution < 1.29 is 9.59 Å². The molecular formula is C15H22N4O2S. The molecule has 1 atom stereocenters. The van der Waals surface area contributed by atoms with Crippen molar-refractivity contribution in [2.75, 3.05) is 34.8 Å². The van der Waals surface area contributed by atoms with Gasteiger partial charge in [0.05, 0.1) is 0 Å². The van der Waals surface area contributed by atoms with E-state index in [0.717, 1.165) is 35.8 Å². The van der Waals surface area contributed by atoms with Crippen LogP contribution < -0.4 is 21.3 Å². The monoisotopic (exact) mass is 322 g/mol. The van der Waals surface area contributed by atoms with Gasteiger partial charge >= 0.3 is 6.03 Å². The molecule has 0 saturated carbocycles. The first-order valence-corrected chi connectivity index (χ1v) is 8.43. The van der Waals surface area contributed by atoms with Gasteiger partial charge in [0.15, 0.2) is 0 Å². The molecule has 0 bridgehead atoms. The summed E-state index contributed by atoms with van der Waals surface area (Å²) in [6, 6.07) is 4.49. The summed E-state index contributed by atoms with van der Waals surface area (Å²) in [4.78, 5) is 25.1. The zero-order chi connectivity index (χ0) is 16.1. The van der Waals surface area contributed by atoms with Crippen LogP contribution in [0.25, 0.3) is 0 Å². The molecule has 0 aromatic heterocycles. The van der Waals surface area contributed by atoms with Gasteiger partial charge in [0.25, 0.3) is 0 Å². The van der Waals surface area contributed by atoms with Crippen molar-refractivity contribution in [3.8, 4) is 0 Å². The fourth-order valence-corrected chi connectivity index (χ4v) is 3.32. The van der Waals surface area contributed by atoms with E-state index in [2.05, 4.69) is 15.5 Å². The number of carbonyl (C=O) groups is 2. The lowest BCUT2D eigenvalue weighted by Gasteiger charge is -2.30. The largest absolute Gasteiger partial charge is 0.370 e. The molecule has 120 valence electrons. The summed E-state index contributed by atoms with van der Waals surface area (Å²) >= 11 is 1.98. The molecule has 0 radical (unpaired) electrons. The Bertz CT molecular complexity index is 558. The van der Waals surface area contributed by atoms with Crippen LogP contribution in [0.3, 0.4) is 0 Å². The number of aryl methyl sites for hydroxylation is 1. The van der Waals surface area contributed by atoms with Crippen LogP contribution in [0.2, 0.25) is 0 Å². The second-order valence-corrected chi connectivity index (χ2v) is 6.54. The van der Waals surface area contributed by atoms with Crippen LogP contribution in [0.15, 0.2) is 18.2 Å². The molecule has 22 heavy (non-hydrogen) atoms. The van der Waals surface area contributed by atoms with Gasteiger partial charge in [0.1, 0.15) is 6.04 Å². The number of urea groups is 1. The highest BCUT2D eigenvalue weighted by Gasteiger charge is 2.16. The predicted octanol–water partition coefficient (Wildman–Crippen LogP) is 1.54. The molecule has 0 spiro atoms. The summed E-state index contributed by atoms with van der Waals surface area (Å²) in [5.41, 5.74) is 8.07. The van der Waals surface area contributed by atoms with Crippen molar-refractivity contribution >= 4 is 35.1 Å². The molecular weight excluding hydrogens is 300 g/mol. The molecule has 1 aliphatic heterocycles. The molecule has 1 aliphatic rings. The van der Waals surface area contributed by atoms with E-state index in [1.807, 2.05) is 36.9 Å². The van der Waals surface area contributed by atoms with E-state index in [1.165, 1.54) is 5.69 Å². The molecule has 6 nitrogen and oxygen atoms in total. The van der Waals surface area contributed by atoms with Gasteiger partial charge in [0, 0.05) is 36.0 Å². The fourth-order valence-electron chi connectivity index (χ4n) is 2.42. The van der Waals surface area contributed by atoms with E-state index < -0.39 is 12.1 Å². The number of rotatable bonds is 4. The summed E-state index contributed by atoms with van der Waals surface area (Å²) in [6.45, 7) is 5.73. The summed E-state index contributed by atoms with van der Waals surface area (Å²) in [5, 5.41) is 5.14. The van der Waals surface area contributed by atoms with Crippen LogP contribution in [0.1, 0.15) is 12.5 Å². The van der Waals surface area contributed by atoms with Crippen LogP contribution in [-0.4, -0.2) is 42.6 Å². The quantitative estimate of drug-likeness (QED) is 0.785. The Hall–Kier alpha value is -1.89. The Morgan fingerprint density at radius 1 is 1.32 bits per heavy atom. The molecule has 7 heteroatoms. The van der Waals surface area contributed by atoms with Gasteiger partial charge in [-0.25, -0.2) is 4.79 Å². The highest BCUT2D eigenvalue weighted by Crippen LogP contribution is 2.26. The number of amides is 3. The van der Waals surface area contributed by atoms with E-state index >= 15 is 0 Å². The number of carbonyl (C=O) groups excluding carboxylic acids is 2. The number of nitrogens with zero attached hydrogens (tertiary/aromatic N) is 1. The van der Waals surface area contributed by atoms with Crippen molar-refractivity contribution in [1.29, 1.82) is 0 Å². The molecule has 1 saturated heterocycles. The maximum atomic E-state index is 12.0. The standard InChI is InChI=1S/C15H22N4O2S/c1-10-9-12(18-14(20)11(2)17-15(16)21)3-4-13(10)19-5-7-22-8-6-19/h3-4,9,11H,5-8H2,1-2H3,(H,18,20)(H3,16,17,21)/t11-/m1/s1. The lowest BCUT2D eigenvalue weighted by molar-refractivity contribution is -0.117. The first kappa shape index (κ1) is 16.5. The van der Waals surface area contributed by atoms with E-state index in [4.69, 9.17) is 5.73 Å². The van der Waals surface area contributed by atoms with Crippen LogP contribution in [0.5, 0.6) is 0 Å². The molecule has 1 fully saturated rings. The van der Waals surface area contributed by atoms with Gasteiger partial charge in [-0.3, -0.25) is 4.79 Å². The Kier molecular flexibility index (Phi) is 5.54. The number of hydrogen-bond acceptors (Lipinski definition) is 4. The normalized spacial score (nSPS) is 16.0. The number of thioether (sulfide) groups is 1. The van der Waals surface area contributed by atoms with Crippen molar-refractivity contribution in [3.05, 3.63) is 23.8 Å². The third-order valence-corrected chi connectivity index (χ3v) is 4.51. The minimum absolute atomic E-state index is 0.291. The number of nitrogens with two attached hydrogens (primary N) is 1. The molecule has 1 heterocycles. The van der Waals surface area contributed by atoms with Gasteiger partial charge in [-0.05, 0) is 37.6 Å². The summed E-state index contributed by atoms with van der Waals surface area (Å²) in [7, 11) is 0. The van der Waals surface area contributed by atoms with Gasteiger partial charge in [-0.15, -0.1) is 0 Å². The highest BCUT2D eigenvalue weighted by atomic mass is 32.2. The van der Waals surface area contributed by atoms with Crippen molar-refractivity contribution in [2.24, 2.45) is 5.73 Å². The van der Waals surface area contributed by atoms with Gasteiger partial charge in [-0.2, -0.15) is 11.8 Å². The summed E-state index contributed by atoms with van der Waals surface area (Å²) in [5.74, 6) is 2.00. The van der Waals surface area contributed by atoms with Crippen molar-refractivity contribution in [1.82, 2.24) is 5.32 Å². The topological polar surface area (TPSA) is 87.5 Å². The van der Waals surface area contributed by atoms with Gasteiger partial charge in [0.2, 0.25) is 5.91 Å². The Labute approximate surface area is 134 Å². The van der Waals surface area contributed by atoms with Crippen LogP contribution in [0.4, 0.5) is 16.2 Å². The number of benzene rings is 1. The summed E-state index contributed by atoms with van der Waals surface area (Å²) < 4.78 is 0. The first-order chi connectivity index (χ1) is 10.5. The van der Waals surface area contributed by atoms with Gasteiger partial charge < -0.3 is 21.3 Å². The summed E-state index contributed by atoms with van der Waals surface area (Å²) in [6.07, 6.45) is 0. The van der Waals surface area contributed by atoms with E-state index in [9.17, 15) is 9.59 Å². The van der Waals surface area contributed by atoms with E-state index in [1.54, 1.807) is 6.92 Å². The SMILES string of the molecule is Cc1cc(NC(=O)[C@@H](C)NC(N)=O)ccc1N1CCSCC1. The molecule has 1 aromatic carbocycles. The number of primary amides is 1. The Morgan fingerprint density at radius 2 is 2.00 bits per heavy atom. The van der Waals surface area contributed by atoms with Gasteiger partial charge in [-0.1, -0.05) is 0 Å². The molecule has 1 aromatic rings. The zero-order valence-electron chi connectivity index (χ0n) is 12.9. The van der Waals surface area contributed by atoms with Crippen molar-refractivity contribution in [3.63, 3.8) is 0 Å². The number of nitrogens with one attached hydrogen (secondary N) is 2. The lowest BCUT2D eigenvalue weighted by atomic mass is 10.1. The third kappa shape index (κ3) is 4.30. The third-order valence-electron chi connectivity index (χ3n) is 3.57. The highest BCUT2D eigenvalue weighted by molar-refractivity contribution is 7.99. The maximum absolute atomic E-state index is 12.0. The second-order valence-electron chi connectivity index (χ2n) is 5.32. The number of hydrogen-bond donors (Lipinski definition) is 3. The minimum Gasteiger partial charge on any atom is -0.370 e. The number of anilines is 2.